The van der Waals surface area contributed by atoms with Crippen LogP contribution in [0.2, 0.25) is 0 Å². The van der Waals surface area contributed by atoms with Gasteiger partial charge in [0.25, 0.3) is 0 Å². The van der Waals surface area contributed by atoms with E-state index in [-0.39, 0.29) is 22.8 Å². The van der Waals surface area contributed by atoms with Crippen LogP contribution in [0.4, 0.5) is 0 Å². The van der Waals surface area contributed by atoms with Gasteiger partial charge in [-0.2, -0.15) is 4.31 Å². The number of nitrogens with one attached hydrogen (secondary N) is 1. The molecule has 2 heterocycles. The predicted octanol–water partition coefficient (Wildman–Crippen LogP) is 4.02. The van der Waals surface area contributed by atoms with Crippen molar-refractivity contribution in [1.29, 1.82) is 0 Å². The van der Waals surface area contributed by atoms with Gasteiger partial charge in [0.15, 0.2) is 5.58 Å². The van der Waals surface area contributed by atoms with Gasteiger partial charge in [-0.3, -0.25) is 9.36 Å². The standard InChI is InChI=1S/C25H37N3O5S/c1-2-14-28-22-11-10-21(18-23(22)33-25(28)30)34(31,32)27-15-12-19(13-16-27)17-24(29)26-20-8-6-4-3-5-7-9-20/h10-11,18-20H,2-9,12-17H2,1H3,(H,26,29). The molecule has 4 rings (SSSR count). The lowest BCUT2D eigenvalue weighted by molar-refractivity contribution is -0.123. The van der Waals surface area contributed by atoms with Gasteiger partial charge in [-0.05, 0) is 50.2 Å². The van der Waals surface area contributed by atoms with Crippen LogP contribution < -0.4 is 11.1 Å². The molecule has 1 aromatic carbocycles. The Morgan fingerprint density at radius 1 is 1.06 bits per heavy atom. The van der Waals surface area contributed by atoms with Crippen LogP contribution in [0, 0.1) is 5.92 Å². The molecule has 9 heteroatoms. The molecular weight excluding hydrogens is 454 g/mol. The molecule has 1 aliphatic heterocycles. The summed E-state index contributed by atoms with van der Waals surface area (Å²) in [5.41, 5.74) is 0.903. The highest BCUT2D eigenvalue weighted by Crippen LogP contribution is 2.28. The third-order valence-electron chi connectivity index (χ3n) is 7.24. The fourth-order valence-corrected chi connectivity index (χ4v) is 6.78. The van der Waals surface area contributed by atoms with E-state index in [1.807, 2.05) is 6.92 Å². The molecule has 34 heavy (non-hydrogen) atoms. The smallest absolute Gasteiger partial charge is 0.408 e. The van der Waals surface area contributed by atoms with E-state index in [1.165, 1.54) is 47.0 Å². The number of benzene rings is 1. The molecule has 1 saturated carbocycles. The van der Waals surface area contributed by atoms with Crippen LogP contribution >= 0.6 is 0 Å². The Kier molecular flexibility index (Phi) is 8.14. The Morgan fingerprint density at radius 2 is 1.74 bits per heavy atom. The molecule has 0 spiro atoms. The molecule has 188 valence electrons. The van der Waals surface area contributed by atoms with Gasteiger partial charge in [-0.1, -0.05) is 39.0 Å². The minimum absolute atomic E-state index is 0.101. The maximum Gasteiger partial charge on any atom is 0.419 e. The minimum Gasteiger partial charge on any atom is -0.408 e. The number of nitrogens with zero attached hydrogens (tertiary/aromatic N) is 2. The summed E-state index contributed by atoms with van der Waals surface area (Å²) in [4.78, 5) is 24.8. The summed E-state index contributed by atoms with van der Waals surface area (Å²) in [6, 6.07) is 4.94. The Balaban J connectivity index is 1.34. The van der Waals surface area contributed by atoms with E-state index in [2.05, 4.69) is 5.32 Å². The third-order valence-corrected chi connectivity index (χ3v) is 9.14. The zero-order chi connectivity index (χ0) is 24.1. The van der Waals surface area contributed by atoms with Crippen LogP contribution in [0.1, 0.15) is 77.6 Å². The van der Waals surface area contributed by atoms with Crippen molar-refractivity contribution in [3.05, 3.63) is 28.7 Å². The van der Waals surface area contributed by atoms with E-state index in [0.29, 0.717) is 50.0 Å². The van der Waals surface area contributed by atoms with Crippen molar-refractivity contribution in [2.75, 3.05) is 13.1 Å². The van der Waals surface area contributed by atoms with Gasteiger partial charge < -0.3 is 9.73 Å². The van der Waals surface area contributed by atoms with Gasteiger partial charge in [0.05, 0.1) is 10.4 Å². The van der Waals surface area contributed by atoms with E-state index >= 15 is 0 Å². The Labute approximate surface area is 201 Å². The van der Waals surface area contributed by atoms with Crippen molar-refractivity contribution in [1.82, 2.24) is 14.2 Å². The predicted molar refractivity (Wildman–Crippen MR) is 131 cm³/mol. The van der Waals surface area contributed by atoms with E-state index in [4.69, 9.17) is 4.42 Å². The normalized spacial score (nSPS) is 19.7. The second-order valence-corrected chi connectivity index (χ2v) is 11.7. The van der Waals surface area contributed by atoms with Crippen molar-refractivity contribution < 1.29 is 17.6 Å². The Morgan fingerprint density at radius 3 is 2.41 bits per heavy atom. The largest absolute Gasteiger partial charge is 0.419 e. The SMILES string of the molecule is CCCn1c(=O)oc2cc(S(=O)(=O)N3CCC(CC(=O)NC4CCCCCCC4)CC3)ccc21. The molecule has 1 amide bonds. The van der Waals surface area contributed by atoms with Crippen LogP contribution in [0.5, 0.6) is 0 Å². The summed E-state index contributed by atoms with van der Waals surface area (Å²) in [6.45, 7) is 3.28. The molecule has 1 aromatic heterocycles. The number of aryl methyl sites for hydroxylation is 1. The lowest BCUT2D eigenvalue weighted by atomic mass is 9.93. The quantitative estimate of drug-likeness (QED) is 0.630. The number of rotatable bonds is 7. The minimum atomic E-state index is -3.69. The first-order valence-electron chi connectivity index (χ1n) is 12.8. The van der Waals surface area contributed by atoms with E-state index in [9.17, 15) is 18.0 Å². The molecular formula is C25H37N3O5S. The number of piperidine rings is 1. The van der Waals surface area contributed by atoms with Gasteiger partial charge >= 0.3 is 5.76 Å². The number of aromatic nitrogens is 1. The number of hydrogen-bond donors (Lipinski definition) is 1. The van der Waals surface area contributed by atoms with E-state index < -0.39 is 15.8 Å². The molecule has 8 nitrogen and oxygen atoms in total. The fourth-order valence-electron chi connectivity index (χ4n) is 5.29. The van der Waals surface area contributed by atoms with E-state index in [1.54, 1.807) is 12.1 Å². The highest BCUT2D eigenvalue weighted by molar-refractivity contribution is 7.89. The van der Waals surface area contributed by atoms with Gasteiger partial charge in [0.2, 0.25) is 15.9 Å². The average molecular weight is 492 g/mol. The van der Waals surface area contributed by atoms with Crippen molar-refractivity contribution in [3.63, 3.8) is 0 Å². The van der Waals surface area contributed by atoms with Crippen molar-refractivity contribution in [3.8, 4) is 0 Å². The number of carbonyl (C=O) groups is 1. The van der Waals surface area contributed by atoms with Crippen LogP contribution in [-0.4, -0.2) is 42.3 Å². The number of hydrogen-bond acceptors (Lipinski definition) is 5. The summed E-state index contributed by atoms with van der Waals surface area (Å²) in [5, 5.41) is 3.22. The second-order valence-electron chi connectivity index (χ2n) is 9.81. The van der Waals surface area contributed by atoms with Crippen molar-refractivity contribution in [2.45, 2.75) is 95.0 Å². The topological polar surface area (TPSA) is 102 Å². The Bertz CT molecular complexity index is 1140. The summed E-state index contributed by atoms with van der Waals surface area (Å²) in [7, 11) is -3.69. The lowest BCUT2D eigenvalue weighted by Gasteiger charge is -2.31. The molecule has 1 saturated heterocycles. The molecule has 0 radical (unpaired) electrons. The van der Waals surface area contributed by atoms with Crippen LogP contribution in [0.3, 0.4) is 0 Å². The first-order chi connectivity index (χ1) is 16.4. The number of oxazole rings is 1. The van der Waals surface area contributed by atoms with Gasteiger partial charge in [0.1, 0.15) is 0 Å². The van der Waals surface area contributed by atoms with Gasteiger partial charge in [0, 0.05) is 38.2 Å². The maximum absolute atomic E-state index is 13.2. The van der Waals surface area contributed by atoms with Crippen LogP contribution in [0.25, 0.3) is 11.1 Å². The first kappa shape index (κ1) is 25.0. The van der Waals surface area contributed by atoms with E-state index in [0.717, 1.165) is 19.3 Å². The Hall–Kier alpha value is -2.13. The summed E-state index contributed by atoms with van der Waals surface area (Å²) >= 11 is 0. The molecule has 2 aliphatic rings. The van der Waals surface area contributed by atoms with Crippen LogP contribution in [0.15, 0.2) is 32.3 Å². The molecule has 1 aliphatic carbocycles. The lowest BCUT2D eigenvalue weighted by Crippen LogP contribution is -2.41. The zero-order valence-corrected chi connectivity index (χ0v) is 20.9. The highest BCUT2D eigenvalue weighted by Gasteiger charge is 2.31. The number of amides is 1. The molecule has 0 atom stereocenters. The summed E-state index contributed by atoms with van der Waals surface area (Å²) < 4.78 is 34.7. The fraction of sp³-hybridized carbons (Fsp3) is 0.680. The molecule has 0 bridgehead atoms. The molecule has 2 aromatic rings. The van der Waals surface area contributed by atoms with Gasteiger partial charge in [-0.25, -0.2) is 13.2 Å². The summed E-state index contributed by atoms with van der Waals surface area (Å²) in [5.74, 6) is -0.169. The molecule has 2 fully saturated rings. The zero-order valence-electron chi connectivity index (χ0n) is 20.1. The monoisotopic (exact) mass is 491 g/mol. The number of fused-ring (bicyclic) bond motifs is 1. The first-order valence-corrected chi connectivity index (χ1v) is 14.3. The van der Waals surface area contributed by atoms with Crippen LogP contribution in [-0.2, 0) is 21.4 Å². The number of sulfonamides is 1. The number of carbonyl (C=O) groups excluding carboxylic acids is 1. The van der Waals surface area contributed by atoms with Gasteiger partial charge in [-0.15, -0.1) is 0 Å². The molecule has 0 unspecified atom stereocenters. The van der Waals surface area contributed by atoms with Crippen molar-refractivity contribution in [2.24, 2.45) is 5.92 Å². The highest BCUT2D eigenvalue weighted by atomic mass is 32.2. The summed E-state index contributed by atoms with van der Waals surface area (Å²) in [6.07, 6.45) is 10.9. The van der Waals surface area contributed by atoms with Crippen molar-refractivity contribution >= 4 is 27.0 Å². The third kappa shape index (κ3) is 5.74. The second kappa shape index (κ2) is 11.1. The average Bonchev–Trinajstić information content (AvgIpc) is 3.10. The molecule has 1 N–H and O–H groups in total. The maximum atomic E-state index is 13.2.